The SMILES string of the molecule is COc1nc(NS(=O)(=O)c2c[nH]c3c(-c4ncccn4)cccc23)nc(OC)c1CC(F)F. The van der Waals surface area contributed by atoms with Crippen molar-refractivity contribution in [1.29, 1.82) is 0 Å². The van der Waals surface area contributed by atoms with Gasteiger partial charge in [-0.1, -0.05) is 12.1 Å². The molecule has 10 nitrogen and oxygen atoms in total. The summed E-state index contributed by atoms with van der Waals surface area (Å²) < 4.78 is 64.5. The molecule has 1 aromatic carbocycles. The molecule has 0 saturated heterocycles. The zero-order valence-electron chi connectivity index (χ0n) is 17.4. The number of para-hydroxylation sites is 1. The molecule has 0 unspecified atom stereocenters. The molecule has 0 aliphatic carbocycles. The third-order valence-electron chi connectivity index (χ3n) is 4.68. The number of ether oxygens (including phenoxy) is 2. The molecule has 0 saturated carbocycles. The van der Waals surface area contributed by atoms with E-state index in [9.17, 15) is 17.2 Å². The number of methoxy groups -OCH3 is 2. The fraction of sp³-hybridized carbons (Fsp3) is 0.200. The fourth-order valence-corrected chi connectivity index (χ4v) is 4.42. The Morgan fingerprint density at radius 3 is 2.33 bits per heavy atom. The molecule has 4 aromatic rings. The highest BCUT2D eigenvalue weighted by Crippen LogP contribution is 2.32. The molecule has 4 rings (SSSR count). The lowest BCUT2D eigenvalue weighted by Gasteiger charge is -2.13. The number of hydrogen-bond acceptors (Lipinski definition) is 8. The molecule has 172 valence electrons. The number of benzene rings is 1. The first-order chi connectivity index (χ1) is 15.8. The quantitative estimate of drug-likeness (QED) is 0.397. The molecule has 0 radical (unpaired) electrons. The van der Waals surface area contributed by atoms with Crippen molar-refractivity contribution >= 4 is 26.9 Å². The second kappa shape index (κ2) is 8.94. The molecular weight excluding hydrogens is 458 g/mol. The van der Waals surface area contributed by atoms with Crippen LogP contribution in [0.5, 0.6) is 11.8 Å². The predicted molar refractivity (Wildman–Crippen MR) is 115 cm³/mol. The minimum absolute atomic E-state index is 0.0717. The lowest BCUT2D eigenvalue weighted by molar-refractivity contribution is 0.146. The van der Waals surface area contributed by atoms with Gasteiger partial charge in [-0.3, -0.25) is 0 Å². The summed E-state index contributed by atoms with van der Waals surface area (Å²) in [4.78, 5) is 19.1. The highest BCUT2D eigenvalue weighted by atomic mass is 32.2. The third-order valence-corrected chi connectivity index (χ3v) is 6.04. The standard InChI is InChI=1S/C20H18F2N6O4S/c1-31-18-13(9-15(21)22)19(32-2)27-20(26-18)28-33(29,30)14-10-25-16-11(14)5-3-6-12(16)17-23-7-4-8-24-17/h3-8,10,15,25H,9H2,1-2H3,(H,26,27,28). The number of hydrogen-bond donors (Lipinski definition) is 2. The monoisotopic (exact) mass is 476 g/mol. The zero-order chi connectivity index (χ0) is 23.6. The first-order valence-electron chi connectivity index (χ1n) is 9.51. The van der Waals surface area contributed by atoms with Gasteiger partial charge in [0, 0.05) is 36.0 Å². The van der Waals surface area contributed by atoms with Crippen LogP contribution in [0.15, 0.2) is 47.8 Å². The van der Waals surface area contributed by atoms with Gasteiger partial charge in [-0.2, -0.15) is 9.97 Å². The number of halogens is 2. The summed E-state index contributed by atoms with van der Waals surface area (Å²) in [5.41, 5.74) is 1.07. The Bertz CT molecular complexity index is 1370. The van der Waals surface area contributed by atoms with Crippen LogP contribution in [0.2, 0.25) is 0 Å². The molecule has 0 spiro atoms. The van der Waals surface area contributed by atoms with E-state index >= 15 is 0 Å². The Morgan fingerprint density at radius 2 is 1.73 bits per heavy atom. The minimum Gasteiger partial charge on any atom is -0.481 e. The molecule has 0 fully saturated rings. The molecule has 0 aliphatic rings. The maximum atomic E-state index is 13.1. The van der Waals surface area contributed by atoms with Gasteiger partial charge in [0.05, 0.1) is 25.3 Å². The topological polar surface area (TPSA) is 132 Å². The Morgan fingerprint density at radius 1 is 1.06 bits per heavy atom. The van der Waals surface area contributed by atoms with E-state index in [2.05, 4.69) is 29.6 Å². The summed E-state index contributed by atoms with van der Waals surface area (Å²) >= 11 is 0. The molecular formula is C20H18F2N6O4S. The predicted octanol–water partition coefficient (Wildman–Crippen LogP) is 3.04. The van der Waals surface area contributed by atoms with Crippen LogP contribution in [0.1, 0.15) is 5.56 Å². The van der Waals surface area contributed by atoms with Crippen molar-refractivity contribution in [3.63, 3.8) is 0 Å². The van der Waals surface area contributed by atoms with Gasteiger partial charge in [-0.25, -0.2) is 31.9 Å². The highest BCUT2D eigenvalue weighted by molar-refractivity contribution is 7.93. The Balaban J connectivity index is 1.74. The van der Waals surface area contributed by atoms with E-state index in [0.29, 0.717) is 22.3 Å². The van der Waals surface area contributed by atoms with Crippen LogP contribution in [0.4, 0.5) is 14.7 Å². The van der Waals surface area contributed by atoms with Crippen LogP contribution in [0, 0.1) is 0 Å². The number of nitrogens with zero attached hydrogens (tertiary/aromatic N) is 4. The van der Waals surface area contributed by atoms with Crippen molar-refractivity contribution in [3.8, 4) is 23.1 Å². The number of aromatic amines is 1. The Hall–Kier alpha value is -3.87. The smallest absolute Gasteiger partial charge is 0.266 e. The zero-order valence-corrected chi connectivity index (χ0v) is 18.2. The van der Waals surface area contributed by atoms with Crippen LogP contribution < -0.4 is 14.2 Å². The highest BCUT2D eigenvalue weighted by Gasteiger charge is 2.25. The van der Waals surface area contributed by atoms with E-state index < -0.39 is 28.8 Å². The van der Waals surface area contributed by atoms with Gasteiger partial charge in [0.25, 0.3) is 10.0 Å². The number of anilines is 1. The molecule has 2 N–H and O–H groups in total. The normalized spacial score (nSPS) is 11.7. The molecule has 3 aromatic heterocycles. The van der Waals surface area contributed by atoms with Crippen molar-refractivity contribution in [2.75, 3.05) is 18.9 Å². The average molecular weight is 476 g/mol. The van der Waals surface area contributed by atoms with Crippen molar-refractivity contribution in [2.45, 2.75) is 17.7 Å². The number of fused-ring (bicyclic) bond motifs is 1. The van der Waals surface area contributed by atoms with Gasteiger partial charge in [-0.15, -0.1) is 0 Å². The first-order valence-corrected chi connectivity index (χ1v) is 11.0. The summed E-state index contributed by atoms with van der Waals surface area (Å²) in [5.74, 6) is -0.405. The van der Waals surface area contributed by atoms with Crippen molar-refractivity contribution in [2.24, 2.45) is 0 Å². The van der Waals surface area contributed by atoms with Crippen molar-refractivity contribution < 1.29 is 26.7 Å². The summed E-state index contributed by atoms with van der Waals surface area (Å²) in [5, 5.41) is 0.390. The number of sulfonamides is 1. The fourth-order valence-electron chi connectivity index (χ4n) is 3.31. The summed E-state index contributed by atoms with van der Waals surface area (Å²) in [7, 11) is -1.74. The summed E-state index contributed by atoms with van der Waals surface area (Å²) in [6.45, 7) is 0. The van der Waals surface area contributed by atoms with Gasteiger partial charge < -0.3 is 14.5 Å². The van der Waals surface area contributed by atoms with E-state index in [-0.39, 0.29) is 22.2 Å². The maximum Gasteiger partial charge on any atom is 0.266 e. The third kappa shape index (κ3) is 4.39. The van der Waals surface area contributed by atoms with Crippen molar-refractivity contribution in [1.82, 2.24) is 24.9 Å². The summed E-state index contributed by atoms with van der Waals surface area (Å²) in [6.07, 6.45) is 1.07. The molecule has 13 heteroatoms. The number of alkyl halides is 2. The van der Waals surface area contributed by atoms with E-state index in [1.807, 2.05) is 0 Å². The molecule has 0 bridgehead atoms. The second-order valence-corrected chi connectivity index (χ2v) is 8.35. The molecule has 0 atom stereocenters. The number of H-pyrrole nitrogens is 1. The largest absolute Gasteiger partial charge is 0.481 e. The van der Waals surface area contributed by atoms with Gasteiger partial charge in [-0.05, 0) is 12.1 Å². The van der Waals surface area contributed by atoms with E-state index in [1.54, 1.807) is 36.7 Å². The van der Waals surface area contributed by atoms with Gasteiger partial charge in [0.15, 0.2) is 5.82 Å². The van der Waals surface area contributed by atoms with Crippen molar-refractivity contribution in [3.05, 3.63) is 48.4 Å². The van der Waals surface area contributed by atoms with Crippen LogP contribution in [-0.4, -0.2) is 54.0 Å². The second-order valence-electron chi connectivity index (χ2n) is 6.70. The maximum absolute atomic E-state index is 13.1. The van der Waals surface area contributed by atoms with Gasteiger partial charge in [0.2, 0.25) is 24.1 Å². The first kappa shape index (κ1) is 22.3. The summed E-state index contributed by atoms with van der Waals surface area (Å²) in [6, 6.07) is 6.75. The lowest BCUT2D eigenvalue weighted by atomic mass is 10.1. The number of aromatic nitrogens is 5. The Labute approximate surface area is 187 Å². The van der Waals surface area contributed by atoms with E-state index in [1.165, 1.54) is 20.4 Å². The number of rotatable bonds is 8. The van der Waals surface area contributed by atoms with Gasteiger partial charge >= 0.3 is 0 Å². The molecule has 3 heterocycles. The van der Waals surface area contributed by atoms with E-state index in [4.69, 9.17) is 9.47 Å². The average Bonchev–Trinajstić information content (AvgIpc) is 3.25. The van der Waals surface area contributed by atoms with Crippen LogP contribution in [0.3, 0.4) is 0 Å². The van der Waals surface area contributed by atoms with Gasteiger partial charge in [0.1, 0.15) is 4.90 Å². The lowest BCUT2D eigenvalue weighted by Crippen LogP contribution is -2.16. The van der Waals surface area contributed by atoms with Crippen LogP contribution in [-0.2, 0) is 16.4 Å². The molecule has 33 heavy (non-hydrogen) atoms. The van der Waals surface area contributed by atoms with Crippen LogP contribution >= 0.6 is 0 Å². The van der Waals surface area contributed by atoms with Crippen LogP contribution in [0.25, 0.3) is 22.3 Å². The molecule has 0 aliphatic heterocycles. The van der Waals surface area contributed by atoms with E-state index in [0.717, 1.165) is 0 Å². The molecule has 0 amide bonds. The Kier molecular flexibility index (Phi) is 6.05. The number of nitrogens with one attached hydrogen (secondary N) is 2. The minimum atomic E-state index is -4.19.